The lowest BCUT2D eigenvalue weighted by Gasteiger charge is -2.13. The second-order valence-corrected chi connectivity index (χ2v) is 7.75. The maximum Gasteiger partial charge on any atom is 0.252 e. The van der Waals surface area contributed by atoms with Crippen molar-refractivity contribution in [1.82, 2.24) is 5.32 Å². The second kappa shape index (κ2) is 6.78. The maximum absolute atomic E-state index is 12.1. The monoisotopic (exact) mass is 337 g/mol. The van der Waals surface area contributed by atoms with Crippen LogP contribution in [0.1, 0.15) is 31.1 Å². The van der Waals surface area contributed by atoms with Crippen LogP contribution in [0, 0.1) is 5.92 Å². The molecule has 7 heteroatoms. The molecule has 112 valence electrons. The van der Waals surface area contributed by atoms with Crippen LogP contribution >= 0.6 is 23.2 Å². The third-order valence-electron chi connectivity index (χ3n) is 2.66. The summed E-state index contributed by atoms with van der Waals surface area (Å²) in [6, 6.07) is 2.80. The highest BCUT2D eigenvalue weighted by molar-refractivity contribution is 7.91. The number of nitrogens with one attached hydrogen (secondary N) is 1. The highest BCUT2D eigenvalue weighted by Gasteiger charge is 2.26. The van der Waals surface area contributed by atoms with Gasteiger partial charge in [0.15, 0.2) is 9.84 Å². The third kappa shape index (κ3) is 3.87. The van der Waals surface area contributed by atoms with Gasteiger partial charge in [0.1, 0.15) is 0 Å². The Hall–Kier alpha value is -0.780. The number of carbonyl (C=O) groups excluding carboxylic acids is 1. The van der Waals surface area contributed by atoms with Crippen LogP contribution < -0.4 is 5.32 Å². The van der Waals surface area contributed by atoms with Crippen molar-refractivity contribution in [1.29, 1.82) is 0 Å². The van der Waals surface area contributed by atoms with Crippen LogP contribution in [-0.2, 0) is 9.84 Å². The maximum atomic E-state index is 12.1. The van der Waals surface area contributed by atoms with Crippen molar-refractivity contribution in [2.24, 2.45) is 5.92 Å². The molecule has 0 aliphatic carbocycles. The molecular formula is C13H17Cl2NO3S. The molecule has 0 saturated carbocycles. The minimum absolute atomic E-state index is 0.0295. The zero-order valence-electron chi connectivity index (χ0n) is 11.5. The van der Waals surface area contributed by atoms with E-state index in [2.05, 4.69) is 5.32 Å². The van der Waals surface area contributed by atoms with Crippen molar-refractivity contribution < 1.29 is 13.2 Å². The average molecular weight is 338 g/mol. The van der Waals surface area contributed by atoms with Gasteiger partial charge in [-0.2, -0.15) is 0 Å². The Kier molecular flexibility index (Phi) is 5.86. The fourth-order valence-electron chi connectivity index (χ4n) is 1.55. The molecule has 1 amide bonds. The highest BCUT2D eigenvalue weighted by Crippen LogP contribution is 2.33. The van der Waals surface area contributed by atoms with Crippen molar-refractivity contribution in [2.75, 3.05) is 12.3 Å². The summed E-state index contributed by atoms with van der Waals surface area (Å²) < 4.78 is 24.2. The molecule has 0 unspecified atom stereocenters. The van der Waals surface area contributed by atoms with Crippen molar-refractivity contribution in [3.8, 4) is 0 Å². The van der Waals surface area contributed by atoms with Gasteiger partial charge >= 0.3 is 0 Å². The largest absolute Gasteiger partial charge is 0.352 e. The molecule has 1 rings (SSSR count). The molecule has 1 N–H and O–H groups in total. The molecular weight excluding hydrogens is 321 g/mol. The molecule has 0 aromatic heterocycles. The second-order valence-electron chi connectivity index (χ2n) is 4.75. The van der Waals surface area contributed by atoms with E-state index in [9.17, 15) is 13.2 Å². The van der Waals surface area contributed by atoms with Gasteiger partial charge in [0.25, 0.3) is 5.91 Å². The van der Waals surface area contributed by atoms with Crippen LogP contribution in [0.5, 0.6) is 0 Å². The van der Waals surface area contributed by atoms with Gasteiger partial charge in [-0.3, -0.25) is 4.79 Å². The van der Waals surface area contributed by atoms with E-state index < -0.39 is 15.7 Å². The summed E-state index contributed by atoms with van der Waals surface area (Å²) in [5.41, 5.74) is 0.0295. The van der Waals surface area contributed by atoms with E-state index in [4.69, 9.17) is 23.2 Å². The van der Waals surface area contributed by atoms with Crippen LogP contribution in [0.15, 0.2) is 17.0 Å². The lowest BCUT2D eigenvalue weighted by Crippen LogP contribution is -2.29. The standard InChI is InChI=1S/C13H17Cl2NO3S/c1-4-20(18,19)12-9(5-6-10(14)11(12)15)13(17)16-7-8(2)3/h5-6,8H,4,7H2,1-3H3,(H,16,17). The number of amides is 1. The topological polar surface area (TPSA) is 63.2 Å². The minimum atomic E-state index is -3.64. The van der Waals surface area contributed by atoms with Crippen LogP contribution in [0.25, 0.3) is 0 Å². The van der Waals surface area contributed by atoms with Crippen molar-refractivity contribution in [2.45, 2.75) is 25.7 Å². The number of hydrogen-bond acceptors (Lipinski definition) is 3. The Morgan fingerprint density at radius 3 is 2.40 bits per heavy atom. The van der Waals surface area contributed by atoms with E-state index in [1.165, 1.54) is 19.1 Å². The van der Waals surface area contributed by atoms with E-state index in [1.807, 2.05) is 13.8 Å². The summed E-state index contributed by atoms with van der Waals surface area (Å²) in [5.74, 6) is -0.366. The van der Waals surface area contributed by atoms with Crippen LogP contribution in [0.2, 0.25) is 10.0 Å². The summed E-state index contributed by atoms with van der Waals surface area (Å²) in [6.07, 6.45) is 0. The van der Waals surface area contributed by atoms with Gasteiger partial charge in [-0.25, -0.2) is 8.42 Å². The average Bonchev–Trinajstić information content (AvgIpc) is 2.38. The normalized spacial score (nSPS) is 11.7. The van der Waals surface area contributed by atoms with E-state index in [1.54, 1.807) is 0 Å². The number of sulfone groups is 1. The molecule has 4 nitrogen and oxygen atoms in total. The Labute approximate surface area is 129 Å². The van der Waals surface area contributed by atoms with Gasteiger partial charge in [-0.05, 0) is 18.1 Å². The fourth-order valence-corrected chi connectivity index (χ4v) is 3.45. The Balaban J connectivity index is 3.34. The quantitative estimate of drug-likeness (QED) is 0.897. The molecule has 0 atom stereocenters. The number of carbonyl (C=O) groups is 1. The first-order valence-corrected chi connectivity index (χ1v) is 8.60. The summed E-state index contributed by atoms with van der Waals surface area (Å²) >= 11 is 11.8. The SMILES string of the molecule is CCS(=O)(=O)c1c(C(=O)NCC(C)C)ccc(Cl)c1Cl. The summed E-state index contributed by atoms with van der Waals surface area (Å²) in [7, 11) is -3.64. The zero-order chi connectivity index (χ0) is 15.5. The Morgan fingerprint density at radius 1 is 1.30 bits per heavy atom. The van der Waals surface area contributed by atoms with E-state index >= 15 is 0 Å². The van der Waals surface area contributed by atoms with Gasteiger partial charge in [0.2, 0.25) is 0 Å². The summed E-state index contributed by atoms with van der Waals surface area (Å²) in [4.78, 5) is 11.9. The third-order valence-corrected chi connectivity index (χ3v) is 5.38. The first kappa shape index (κ1) is 17.3. The van der Waals surface area contributed by atoms with Gasteiger partial charge in [-0.15, -0.1) is 0 Å². The van der Waals surface area contributed by atoms with E-state index in [-0.39, 0.29) is 32.2 Å². The Morgan fingerprint density at radius 2 is 1.90 bits per heavy atom. The lowest BCUT2D eigenvalue weighted by atomic mass is 10.2. The first-order valence-electron chi connectivity index (χ1n) is 6.19. The minimum Gasteiger partial charge on any atom is -0.352 e. The molecule has 1 aromatic carbocycles. The molecule has 0 saturated heterocycles. The van der Waals surface area contributed by atoms with Crippen LogP contribution in [-0.4, -0.2) is 26.6 Å². The van der Waals surface area contributed by atoms with Crippen molar-refractivity contribution in [3.05, 3.63) is 27.7 Å². The predicted molar refractivity (Wildman–Crippen MR) is 81.4 cm³/mol. The highest BCUT2D eigenvalue weighted by atomic mass is 35.5. The van der Waals surface area contributed by atoms with Gasteiger partial charge in [-0.1, -0.05) is 44.0 Å². The molecule has 0 radical (unpaired) electrons. The molecule has 0 aliphatic heterocycles. The van der Waals surface area contributed by atoms with Gasteiger partial charge in [0, 0.05) is 6.54 Å². The molecule has 20 heavy (non-hydrogen) atoms. The number of rotatable bonds is 5. The molecule has 0 fully saturated rings. The molecule has 0 heterocycles. The van der Waals surface area contributed by atoms with E-state index in [0.717, 1.165) is 0 Å². The Bertz CT molecular complexity index is 612. The van der Waals surface area contributed by atoms with Crippen molar-refractivity contribution >= 4 is 38.9 Å². The van der Waals surface area contributed by atoms with Crippen molar-refractivity contribution in [3.63, 3.8) is 0 Å². The van der Waals surface area contributed by atoms with E-state index in [0.29, 0.717) is 6.54 Å². The molecule has 1 aromatic rings. The van der Waals surface area contributed by atoms with Crippen LogP contribution in [0.4, 0.5) is 0 Å². The number of halogens is 2. The zero-order valence-corrected chi connectivity index (χ0v) is 13.9. The number of hydrogen-bond donors (Lipinski definition) is 1. The predicted octanol–water partition coefficient (Wildman–Crippen LogP) is 3.17. The molecule has 0 bridgehead atoms. The molecule has 0 spiro atoms. The first-order chi connectivity index (χ1) is 9.20. The summed E-state index contributed by atoms with van der Waals surface area (Å²) in [5, 5.41) is 2.68. The van der Waals surface area contributed by atoms with Gasteiger partial charge in [0.05, 0.1) is 26.3 Å². The number of benzene rings is 1. The summed E-state index contributed by atoms with van der Waals surface area (Å²) in [6.45, 7) is 5.82. The van der Waals surface area contributed by atoms with Crippen LogP contribution in [0.3, 0.4) is 0 Å². The van der Waals surface area contributed by atoms with Gasteiger partial charge < -0.3 is 5.32 Å². The lowest BCUT2D eigenvalue weighted by molar-refractivity contribution is 0.0945. The smallest absolute Gasteiger partial charge is 0.252 e. The fraction of sp³-hybridized carbons (Fsp3) is 0.462. The molecule has 0 aliphatic rings.